The zero-order chi connectivity index (χ0) is 6.53. The minimum atomic E-state index is 1.26. The van der Waals surface area contributed by atoms with Crippen LogP contribution in [0.4, 0.5) is 0 Å². The van der Waals surface area contributed by atoms with Crippen LogP contribution in [0.2, 0.25) is 5.02 Å². The van der Waals surface area contributed by atoms with E-state index in [1.165, 1.54) is 35.3 Å². The van der Waals surface area contributed by atoms with E-state index < -0.39 is 0 Å². The standard InChI is InChI=1S/C8H9.Zn/c1-2-8-6-4-3-5-7-8;/h3-7H,1-2H2;. The van der Waals surface area contributed by atoms with Gasteiger partial charge in [-0.1, -0.05) is 0 Å². The topological polar surface area (TPSA) is 0 Å². The van der Waals surface area contributed by atoms with Gasteiger partial charge >= 0.3 is 65.6 Å². The summed E-state index contributed by atoms with van der Waals surface area (Å²) < 4.78 is 0. The SMILES string of the molecule is [Zn][CH2]Cc1ccccc1. The van der Waals surface area contributed by atoms with E-state index >= 15 is 0 Å². The summed E-state index contributed by atoms with van der Waals surface area (Å²) in [4.78, 5) is 0. The van der Waals surface area contributed by atoms with Crippen molar-refractivity contribution < 1.29 is 18.3 Å². The van der Waals surface area contributed by atoms with Gasteiger partial charge in [0, 0.05) is 0 Å². The van der Waals surface area contributed by atoms with E-state index in [1.807, 2.05) is 0 Å². The van der Waals surface area contributed by atoms with Crippen molar-refractivity contribution in [1.29, 1.82) is 0 Å². The average molecular weight is 171 g/mol. The second-order valence-corrected chi connectivity index (χ2v) is 3.57. The van der Waals surface area contributed by atoms with Gasteiger partial charge in [-0.05, 0) is 0 Å². The summed E-state index contributed by atoms with van der Waals surface area (Å²) >= 11 is 1.41. The fraction of sp³-hybridized carbons (Fsp3) is 0.250. The molecule has 1 heteroatoms. The molecule has 0 aliphatic rings. The van der Waals surface area contributed by atoms with Crippen LogP contribution in [-0.2, 0) is 24.7 Å². The predicted octanol–water partition coefficient (Wildman–Crippen LogP) is 2.19. The summed E-state index contributed by atoms with van der Waals surface area (Å²) in [5, 5.41) is 1.37. The van der Waals surface area contributed by atoms with Crippen LogP contribution in [0.25, 0.3) is 0 Å². The van der Waals surface area contributed by atoms with Crippen LogP contribution in [-0.4, -0.2) is 0 Å². The van der Waals surface area contributed by atoms with E-state index in [9.17, 15) is 0 Å². The molecular formula is C8H9Zn. The van der Waals surface area contributed by atoms with Crippen LogP contribution in [0.5, 0.6) is 0 Å². The van der Waals surface area contributed by atoms with Gasteiger partial charge < -0.3 is 0 Å². The average Bonchev–Trinajstić information content (AvgIpc) is 1.91. The van der Waals surface area contributed by atoms with Crippen molar-refractivity contribution in [3.05, 3.63) is 35.9 Å². The Bertz CT molecular complexity index is 157. The van der Waals surface area contributed by atoms with Crippen LogP contribution in [0.3, 0.4) is 0 Å². The molecule has 0 fully saturated rings. The summed E-state index contributed by atoms with van der Waals surface area (Å²) in [6, 6.07) is 10.6. The van der Waals surface area contributed by atoms with Crippen LogP contribution < -0.4 is 0 Å². The Labute approximate surface area is 66.0 Å². The quantitative estimate of drug-likeness (QED) is 0.597. The normalized spacial score (nSPS) is 9.56. The Hall–Kier alpha value is -0.157. The minimum absolute atomic E-state index is 1.26. The molecule has 0 aliphatic heterocycles. The molecule has 0 radical (unpaired) electrons. The summed E-state index contributed by atoms with van der Waals surface area (Å²) in [5.74, 6) is 0. The molecular weight excluding hydrogens is 161 g/mol. The third-order valence-corrected chi connectivity index (χ3v) is 2.05. The first-order valence-electron chi connectivity index (χ1n) is 3.26. The first kappa shape index (κ1) is 6.96. The Kier molecular flexibility index (Phi) is 2.93. The molecule has 0 spiro atoms. The fourth-order valence-electron chi connectivity index (χ4n) is 0.849. The number of benzene rings is 1. The van der Waals surface area contributed by atoms with Crippen molar-refractivity contribution in [2.75, 3.05) is 0 Å². The molecule has 0 saturated carbocycles. The zero-order valence-corrected chi connectivity index (χ0v) is 8.48. The Morgan fingerprint density at radius 1 is 1.11 bits per heavy atom. The number of hydrogen-bond acceptors (Lipinski definition) is 0. The second kappa shape index (κ2) is 3.79. The number of hydrogen-bond donors (Lipinski definition) is 0. The van der Waals surface area contributed by atoms with Crippen molar-refractivity contribution in [2.45, 2.75) is 11.4 Å². The summed E-state index contributed by atoms with van der Waals surface area (Å²) in [5.41, 5.74) is 1.48. The molecule has 9 heavy (non-hydrogen) atoms. The second-order valence-electron chi connectivity index (χ2n) is 2.09. The monoisotopic (exact) mass is 169 g/mol. The van der Waals surface area contributed by atoms with Crippen molar-refractivity contribution in [1.82, 2.24) is 0 Å². The van der Waals surface area contributed by atoms with Crippen LogP contribution in [0.15, 0.2) is 30.3 Å². The Balaban J connectivity index is 2.61. The van der Waals surface area contributed by atoms with Gasteiger partial charge in [0.1, 0.15) is 0 Å². The Morgan fingerprint density at radius 2 is 1.78 bits per heavy atom. The summed E-state index contributed by atoms with van der Waals surface area (Å²) in [7, 11) is 0. The van der Waals surface area contributed by atoms with Gasteiger partial charge in [-0.25, -0.2) is 0 Å². The van der Waals surface area contributed by atoms with Gasteiger partial charge in [-0.15, -0.1) is 0 Å². The molecule has 1 aromatic carbocycles. The molecule has 0 nitrogen and oxygen atoms in total. The molecule has 0 heterocycles. The molecule has 0 bridgehead atoms. The molecule has 1 rings (SSSR count). The molecule has 0 amide bonds. The van der Waals surface area contributed by atoms with E-state index in [4.69, 9.17) is 0 Å². The van der Waals surface area contributed by atoms with E-state index in [-0.39, 0.29) is 0 Å². The predicted molar refractivity (Wildman–Crippen MR) is 35.0 cm³/mol. The van der Waals surface area contributed by atoms with Gasteiger partial charge in [0.25, 0.3) is 0 Å². The molecule has 0 N–H and O–H groups in total. The molecule has 0 aliphatic carbocycles. The van der Waals surface area contributed by atoms with Gasteiger partial charge in [0.2, 0.25) is 0 Å². The molecule has 1 aromatic rings. The van der Waals surface area contributed by atoms with Gasteiger partial charge in [0.05, 0.1) is 0 Å². The van der Waals surface area contributed by atoms with Crippen LogP contribution >= 0.6 is 0 Å². The third-order valence-electron chi connectivity index (χ3n) is 1.31. The van der Waals surface area contributed by atoms with Gasteiger partial charge in [-0.2, -0.15) is 0 Å². The molecule has 0 atom stereocenters. The number of rotatable bonds is 2. The fourth-order valence-corrected chi connectivity index (χ4v) is 1.71. The van der Waals surface area contributed by atoms with Crippen LogP contribution in [0.1, 0.15) is 5.56 Å². The third kappa shape index (κ3) is 2.28. The van der Waals surface area contributed by atoms with Crippen molar-refractivity contribution in [2.24, 2.45) is 0 Å². The maximum atomic E-state index is 2.19. The van der Waals surface area contributed by atoms with Gasteiger partial charge in [-0.3, -0.25) is 0 Å². The van der Waals surface area contributed by atoms with Crippen molar-refractivity contribution >= 4 is 0 Å². The molecule has 43 valence electrons. The molecule has 0 saturated heterocycles. The van der Waals surface area contributed by atoms with Gasteiger partial charge in [0.15, 0.2) is 0 Å². The summed E-state index contributed by atoms with van der Waals surface area (Å²) in [6.45, 7) is 0. The van der Waals surface area contributed by atoms with E-state index in [2.05, 4.69) is 30.3 Å². The van der Waals surface area contributed by atoms with Crippen molar-refractivity contribution in [3.8, 4) is 0 Å². The zero-order valence-electron chi connectivity index (χ0n) is 5.51. The molecule has 0 aromatic heterocycles. The van der Waals surface area contributed by atoms with E-state index in [0.29, 0.717) is 0 Å². The molecule has 0 unspecified atom stereocenters. The Morgan fingerprint density at radius 3 is 2.33 bits per heavy atom. The van der Waals surface area contributed by atoms with E-state index in [1.54, 1.807) is 0 Å². The van der Waals surface area contributed by atoms with Crippen LogP contribution in [0, 0.1) is 0 Å². The van der Waals surface area contributed by atoms with Crippen molar-refractivity contribution in [3.63, 3.8) is 0 Å². The number of aryl methyl sites for hydroxylation is 1. The first-order chi connectivity index (χ1) is 4.43. The summed E-state index contributed by atoms with van der Waals surface area (Å²) in [6.07, 6.45) is 1.26. The first-order valence-corrected chi connectivity index (χ1v) is 5.36. The maximum absolute atomic E-state index is 2.19. The van der Waals surface area contributed by atoms with E-state index in [0.717, 1.165) is 0 Å².